The van der Waals surface area contributed by atoms with Crippen molar-refractivity contribution < 1.29 is 17.1 Å². The van der Waals surface area contributed by atoms with Gasteiger partial charge in [0.15, 0.2) is 0 Å². The zero-order valence-corrected chi connectivity index (χ0v) is 29.8. The molecule has 0 heterocycles. The summed E-state index contributed by atoms with van der Waals surface area (Å²) in [5.41, 5.74) is 8.53. The second-order valence-corrected chi connectivity index (χ2v) is 41.5. The van der Waals surface area contributed by atoms with Crippen LogP contribution in [-0.4, -0.2) is 6.94 Å². The zero-order chi connectivity index (χ0) is 26.2. The topological polar surface area (TPSA) is 0 Å². The monoisotopic (exact) mass is 746 g/mol. The van der Waals surface area contributed by atoms with Crippen LogP contribution in [0.1, 0.15) is 37.8 Å². The average Bonchev–Trinajstić information content (AvgIpc) is 3.58. The molecule has 0 bridgehead atoms. The maximum absolute atomic E-state index is 4.48. The van der Waals surface area contributed by atoms with E-state index in [-0.39, 0.29) is 24.8 Å². The Morgan fingerprint density at radius 3 is 1.10 bits per heavy atom. The van der Waals surface area contributed by atoms with E-state index in [0.717, 1.165) is 12.8 Å². The van der Waals surface area contributed by atoms with E-state index < -0.39 is 17.1 Å². The van der Waals surface area contributed by atoms with Crippen molar-refractivity contribution in [2.24, 2.45) is 0 Å². The van der Waals surface area contributed by atoms with Crippen LogP contribution in [0.5, 0.6) is 0 Å². The van der Waals surface area contributed by atoms with Gasteiger partial charge in [-0.15, -0.1) is 24.8 Å². The van der Waals surface area contributed by atoms with Crippen LogP contribution in [0.15, 0.2) is 151 Å². The third kappa shape index (κ3) is 4.84. The summed E-state index contributed by atoms with van der Waals surface area (Å²) in [7, 11) is 0. The Kier molecular flexibility index (Phi) is 9.27. The molecule has 0 aromatic heterocycles. The van der Waals surface area contributed by atoms with Gasteiger partial charge >= 0.3 is 231 Å². The molecule has 0 saturated carbocycles. The van der Waals surface area contributed by atoms with Crippen molar-refractivity contribution in [1.82, 2.24) is 0 Å². The predicted molar refractivity (Wildman–Crippen MR) is 179 cm³/mol. The summed E-state index contributed by atoms with van der Waals surface area (Å²) < 4.78 is 6.52. The van der Waals surface area contributed by atoms with E-state index in [1.807, 2.05) is 0 Å². The van der Waals surface area contributed by atoms with Gasteiger partial charge in [-0.3, -0.25) is 0 Å². The SMILES string of the molecule is CC1=[C]([Hf](=[SiH2])([C]2=C(C)C=C(c3ccccc3)C2)([c]2ccccc2)[c]2ccccc2)CC(c2ccccc2)=C1.Cl.Cl. The van der Waals surface area contributed by atoms with Gasteiger partial charge in [-0.2, -0.15) is 0 Å². The van der Waals surface area contributed by atoms with E-state index in [1.54, 1.807) is 13.3 Å². The van der Waals surface area contributed by atoms with Gasteiger partial charge in [0.1, 0.15) is 0 Å². The van der Waals surface area contributed by atoms with Crippen molar-refractivity contribution in [2.45, 2.75) is 26.7 Å². The van der Waals surface area contributed by atoms with Crippen LogP contribution < -0.4 is 6.64 Å². The second-order valence-electron chi connectivity index (χ2n) is 10.9. The molecule has 2 aliphatic carbocycles. The minimum atomic E-state index is -4.48. The van der Waals surface area contributed by atoms with Crippen LogP contribution in [-0.2, 0) is 17.1 Å². The van der Waals surface area contributed by atoms with E-state index >= 15 is 0 Å². The third-order valence-corrected chi connectivity index (χ3v) is 47.8. The van der Waals surface area contributed by atoms with E-state index in [4.69, 9.17) is 0 Å². The van der Waals surface area contributed by atoms with E-state index in [2.05, 4.69) is 154 Å². The smallest absolute Gasteiger partial charge is 0.147 e. The van der Waals surface area contributed by atoms with Crippen LogP contribution in [0.2, 0.25) is 0 Å². The van der Waals surface area contributed by atoms with Crippen LogP contribution in [0.25, 0.3) is 11.1 Å². The Morgan fingerprint density at radius 1 is 0.475 bits per heavy atom. The fourth-order valence-corrected chi connectivity index (χ4v) is 42.6. The Bertz CT molecular complexity index is 1570. The van der Waals surface area contributed by atoms with E-state index in [9.17, 15) is 0 Å². The molecule has 6 rings (SSSR count). The van der Waals surface area contributed by atoms with E-state index in [0.29, 0.717) is 0 Å². The second kappa shape index (κ2) is 12.2. The minimum absolute atomic E-state index is 0. The molecule has 0 saturated heterocycles. The van der Waals surface area contributed by atoms with Gasteiger partial charge < -0.3 is 0 Å². The predicted octanol–water partition coefficient (Wildman–Crippen LogP) is 8.24. The zero-order valence-electron chi connectivity index (χ0n) is 23.1. The van der Waals surface area contributed by atoms with Gasteiger partial charge in [0.25, 0.3) is 0 Å². The largest absolute Gasteiger partial charge is 0.147 e. The molecule has 0 fully saturated rings. The van der Waals surface area contributed by atoms with Crippen LogP contribution in [0.4, 0.5) is 0 Å². The number of hydrogen-bond donors (Lipinski definition) is 0. The summed E-state index contributed by atoms with van der Waals surface area (Å²) in [5, 5.41) is 0. The average molecular weight is 746 g/mol. The summed E-state index contributed by atoms with van der Waals surface area (Å²) >= 11 is -4.48. The Labute approximate surface area is 253 Å². The molecule has 0 spiro atoms. The standard InChI is InChI=1S/2C12H11.2C6H5.2ClH.Hf.H2Si/c2*1-10-7-8-12(9-10)11-5-3-2-4-6-11;2*1-2-4-6-5-3-1;;;;/h2*2-6,9H,8H2,1H3;2*1-5H;2*1H;;1H2. The van der Waals surface area contributed by atoms with Crippen LogP contribution in [0, 0.1) is 0 Å². The number of benzene rings is 4. The number of hydrogen-bond acceptors (Lipinski definition) is 0. The molecule has 4 heteroatoms. The van der Waals surface area contributed by atoms with Crippen LogP contribution >= 0.6 is 24.8 Å². The summed E-state index contributed by atoms with van der Waals surface area (Å²) in [5.74, 6) is 0. The first-order valence-corrected chi connectivity index (χ1v) is 29.1. The van der Waals surface area contributed by atoms with Gasteiger partial charge in [-0.25, -0.2) is 0 Å². The molecule has 4 aromatic carbocycles. The normalized spacial score (nSPS) is 15.3. The van der Waals surface area contributed by atoms with Crippen molar-refractivity contribution in [1.29, 1.82) is 0 Å². The molecule has 0 radical (unpaired) electrons. The maximum atomic E-state index is 2.48. The van der Waals surface area contributed by atoms with Crippen molar-refractivity contribution in [2.75, 3.05) is 0 Å². The quantitative estimate of drug-likeness (QED) is 0.175. The Hall–Kier alpha value is -2.49. The molecule has 0 unspecified atom stereocenters. The summed E-state index contributed by atoms with van der Waals surface area (Å²) in [6.07, 6.45) is 7.01. The molecule has 202 valence electrons. The molecule has 0 amide bonds. The van der Waals surface area contributed by atoms with E-state index in [1.165, 1.54) is 33.4 Å². The fraction of sp³-hybridized carbons (Fsp3) is 0.111. The maximum Gasteiger partial charge on any atom is -0.147 e. The minimum Gasteiger partial charge on any atom is -0.147 e. The Balaban J connectivity index is 0.00000185. The van der Waals surface area contributed by atoms with Gasteiger partial charge in [-0.1, -0.05) is 0 Å². The van der Waals surface area contributed by atoms with Gasteiger partial charge in [0.2, 0.25) is 0 Å². The Morgan fingerprint density at radius 2 is 0.775 bits per heavy atom. The first kappa shape index (κ1) is 30.5. The molecule has 2 aliphatic rings. The molecule has 0 N–H and O–H groups in total. The third-order valence-electron chi connectivity index (χ3n) is 8.91. The van der Waals surface area contributed by atoms with Crippen molar-refractivity contribution >= 4 is 49.5 Å². The molecule has 0 aliphatic heterocycles. The number of halogens is 2. The van der Waals surface area contributed by atoms with Gasteiger partial charge in [-0.05, 0) is 0 Å². The van der Waals surface area contributed by atoms with Crippen molar-refractivity contribution in [3.05, 3.63) is 162 Å². The first-order chi connectivity index (χ1) is 18.5. The molecule has 0 nitrogen and oxygen atoms in total. The van der Waals surface area contributed by atoms with Crippen molar-refractivity contribution in [3.8, 4) is 0 Å². The van der Waals surface area contributed by atoms with Crippen molar-refractivity contribution in [3.63, 3.8) is 0 Å². The fourth-order valence-electron chi connectivity index (χ4n) is 7.05. The summed E-state index contributed by atoms with van der Waals surface area (Å²) in [6.45, 7) is 7.15. The molecular weight excluding hydrogens is 710 g/mol. The molecule has 0 atom stereocenters. The first-order valence-electron chi connectivity index (χ1n) is 13.6. The summed E-state index contributed by atoms with van der Waals surface area (Å²) in [4.78, 5) is 0. The molecular formula is C36H36Cl2HfSi. The van der Waals surface area contributed by atoms with Gasteiger partial charge in [0.05, 0.1) is 0 Å². The van der Waals surface area contributed by atoms with Crippen LogP contribution in [0.3, 0.4) is 0 Å². The molecule has 4 aromatic rings. The number of allylic oxidation sites excluding steroid dienone is 8. The number of rotatable bonds is 6. The summed E-state index contributed by atoms with van der Waals surface area (Å²) in [6, 6.07) is 45.1. The van der Waals surface area contributed by atoms with Gasteiger partial charge in [0, 0.05) is 0 Å². The molecule has 40 heavy (non-hydrogen) atoms.